The van der Waals surface area contributed by atoms with Crippen molar-refractivity contribution in [2.45, 2.75) is 12.5 Å². The van der Waals surface area contributed by atoms with Crippen LogP contribution in [0.25, 0.3) is 0 Å². The van der Waals surface area contributed by atoms with Crippen molar-refractivity contribution >= 4 is 35.1 Å². The van der Waals surface area contributed by atoms with Crippen LogP contribution < -0.4 is 15.4 Å². The predicted octanol–water partition coefficient (Wildman–Crippen LogP) is 2.34. The van der Waals surface area contributed by atoms with Gasteiger partial charge in [-0.25, -0.2) is 4.79 Å². The first-order valence-electron chi connectivity index (χ1n) is 9.55. The van der Waals surface area contributed by atoms with Gasteiger partial charge in [0.05, 0.1) is 30.9 Å². The minimum Gasteiger partial charge on any atom is -0.491 e. The number of hydrogen-bond acceptors (Lipinski definition) is 6. The van der Waals surface area contributed by atoms with Crippen LogP contribution in [0.3, 0.4) is 0 Å². The number of benzene rings is 2. The number of carbonyl (C=O) groups is 3. The number of amides is 2. The number of carbonyl (C=O) groups excluding carboxylic acids is 3. The number of ether oxygens (including phenoxy) is 2. The molecule has 0 saturated carbocycles. The van der Waals surface area contributed by atoms with Crippen LogP contribution in [-0.4, -0.2) is 62.1 Å². The fraction of sp³-hybridized carbons (Fsp3) is 0.318. The van der Waals surface area contributed by atoms with Gasteiger partial charge in [-0.3, -0.25) is 14.9 Å². The van der Waals surface area contributed by atoms with Crippen molar-refractivity contribution in [3.8, 4) is 5.75 Å². The molecule has 0 bridgehead atoms. The number of para-hydroxylation sites is 2. The second kappa shape index (κ2) is 11.3. The summed E-state index contributed by atoms with van der Waals surface area (Å²) in [5, 5.41) is 5.94. The zero-order valence-corrected chi connectivity index (χ0v) is 18.4. The average Bonchev–Trinajstić information content (AvgIpc) is 2.77. The molecule has 0 heterocycles. The zero-order valence-electron chi connectivity index (χ0n) is 17.7. The minimum atomic E-state index is -1.26. The molecule has 0 aromatic heterocycles. The maximum Gasteiger partial charge on any atom is 0.329 e. The van der Waals surface area contributed by atoms with Crippen LogP contribution in [0, 0.1) is 0 Å². The van der Waals surface area contributed by atoms with E-state index in [1.54, 1.807) is 43.3 Å². The first kappa shape index (κ1) is 24.2. The molecule has 2 rings (SSSR count). The van der Waals surface area contributed by atoms with Crippen LogP contribution in [-0.2, 0) is 19.1 Å². The largest absolute Gasteiger partial charge is 0.491 e. The van der Waals surface area contributed by atoms with E-state index in [2.05, 4.69) is 10.6 Å². The van der Waals surface area contributed by atoms with Gasteiger partial charge < -0.3 is 19.7 Å². The first-order chi connectivity index (χ1) is 14.7. The molecule has 2 amide bonds. The van der Waals surface area contributed by atoms with E-state index in [1.807, 2.05) is 18.2 Å². The molecule has 2 N–H and O–H groups in total. The van der Waals surface area contributed by atoms with E-state index in [4.69, 9.17) is 21.1 Å². The number of hydrogen-bond donors (Lipinski definition) is 2. The minimum absolute atomic E-state index is 0.0479. The Morgan fingerprint density at radius 3 is 2.35 bits per heavy atom. The van der Waals surface area contributed by atoms with Crippen LogP contribution in [0.15, 0.2) is 54.6 Å². The average molecular weight is 448 g/mol. The van der Waals surface area contributed by atoms with E-state index >= 15 is 0 Å². The summed E-state index contributed by atoms with van der Waals surface area (Å²) in [5.41, 5.74) is -0.801. The topological polar surface area (TPSA) is 97.0 Å². The molecule has 0 fully saturated rings. The zero-order chi connectivity index (χ0) is 22.9. The summed E-state index contributed by atoms with van der Waals surface area (Å²) in [7, 11) is 2.75. The highest BCUT2D eigenvalue weighted by Gasteiger charge is 2.36. The van der Waals surface area contributed by atoms with Gasteiger partial charge >= 0.3 is 5.97 Å². The van der Waals surface area contributed by atoms with Crippen LogP contribution in [0.1, 0.15) is 6.92 Å². The quantitative estimate of drug-likeness (QED) is 0.542. The second-order valence-electron chi connectivity index (χ2n) is 7.06. The van der Waals surface area contributed by atoms with Crippen LogP contribution in [0.2, 0.25) is 5.02 Å². The van der Waals surface area contributed by atoms with Crippen molar-refractivity contribution in [2.24, 2.45) is 0 Å². The third-order valence-corrected chi connectivity index (χ3v) is 4.82. The molecule has 2 aromatic rings. The van der Waals surface area contributed by atoms with Crippen LogP contribution in [0.5, 0.6) is 5.75 Å². The lowest BCUT2D eigenvalue weighted by Crippen LogP contribution is -2.57. The number of esters is 1. The lowest BCUT2D eigenvalue weighted by molar-refractivity contribution is -0.149. The number of nitrogens with one attached hydrogen (secondary N) is 2. The summed E-state index contributed by atoms with van der Waals surface area (Å²) >= 11 is 6.02. The van der Waals surface area contributed by atoms with Gasteiger partial charge in [-0.1, -0.05) is 41.9 Å². The van der Waals surface area contributed by atoms with Crippen LogP contribution >= 0.6 is 11.6 Å². The Bertz CT molecular complexity index is 909. The molecule has 2 aromatic carbocycles. The van der Waals surface area contributed by atoms with Crippen molar-refractivity contribution in [1.82, 2.24) is 10.2 Å². The van der Waals surface area contributed by atoms with Crippen LogP contribution in [0.4, 0.5) is 5.69 Å². The molecule has 0 aliphatic heterocycles. The Morgan fingerprint density at radius 1 is 1.06 bits per heavy atom. The van der Waals surface area contributed by atoms with Gasteiger partial charge in [0.2, 0.25) is 11.8 Å². The summed E-state index contributed by atoms with van der Waals surface area (Å²) in [4.78, 5) is 38.2. The van der Waals surface area contributed by atoms with Gasteiger partial charge in [-0.05, 0) is 31.2 Å². The molecule has 8 nitrogen and oxygen atoms in total. The predicted molar refractivity (Wildman–Crippen MR) is 118 cm³/mol. The number of methoxy groups -OCH3 is 1. The highest BCUT2D eigenvalue weighted by molar-refractivity contribution is 6.33. The maximum atomic E-state index is 12.5. The molecular weight excluding hydrogens is 422 g/mol. The lowest BCUT2D eigenvalue weighted by Gasteiger charge is -2.28. The molecule has 1 unspecified atom stereocenters. The number of anilines is 1. The van der Waals surface area contributed by atoms with E-state index < -0.39 is 17.4 Å². The van der Waals surface area contributed by atoms with E-state index in [0.717, 1.165) is 0 Å². The fourth-order valence-corrected chi connectivity index (χ4v) is 2.80. The fourth-order valence-electron chi connectivity index (χ4n) is 2.61. The Hall–Kier alpha value is -3.10. The van der Waals surface area contributed by atoms with Crippen molar-refractivity contribution in [3.05, 3.63) is 59.6 Å². The third-order valence-electron chi connectivity index (χ3n) is 4.49. The van der Waals surface area contributed by atoms with Crippen molar-refractivity contribution in [2.75, 3.05) is 39.2 Å². The molecule has 0 radical (unpaired) electrons. The van der Waals surface area contributed by atoms with Crippen molar-refractivity contribution in [1.29, 1.82) is 0 Å². The standard InChI is InChI=1S/C22H26ClN3O5/c1-22(21(29)30-3,15-31-16-9-5-4-6-10-16)24-13-20(28)26(2)14-19(27)25-18-12-8-7-11-17(18)23/h4-12,24H,13-15H2,1-3H3,(H,25,27). The number of nitrogens with zero attached hydrogens (tertiary/aromatic N) is 1. The first-order valence-corrected chi connectivity index (χ1v) is 9.92. The number of halogens is 1. The van der Waals surface area contributed by atoms with Crippen molar-refractivity contribution < 1.29 is 23.9 Å². The van der Waals surface area contributed by atoms with Gasteiger partial charge in [0.15, 0.2) is 0 Å². The molecule has 1 atom stereocenters. The van der Waals surface area contributed by atoms with Gasteiger partial charge in [-0.15, -0.1) is 0 Å². The third kappa shape index (κ3) is 7.27. The van der Waals surface area contributed by atoms with Gasteiger partial charge in [-0.2, -0.15) is 0 Å². The monoisotopic (exact) mass is 447 g/mol. The molecule has 9 heteroatoms. The van der Waals surface area contributed by atoms with Crippen molar-refractivity contribution in [3.63, 3.8) is 0 Å². The van der Waals surface area contributed by atoms with Gasteiger partial charge in [0, 0.05) is 7.05 Å². The number of rotatable bonds is 10. The normalized spacial score (nSPS) is 12.4. The highest BCUT2D eigenvalue weighted by atomic mass is 35.5. The van der Waals surface area contributed by atoms with Gasteiger partial charge in [0.1, 0.15) is 17.9 Å². The summed E-state index contributed by atoms with van der Waals surface area (Å²) in [6, 6.07) is 15.8. The molecule has 31 heavy (non-hydrogen) atoms. The lowest BCUT2D eigenvalue weighted by atomic mass is 10.0. The Kier molecular flexibility index (Phi) is 8.84. The molecule has 0 spiro atoms. The smallest absolute Gasteiger partial charge is 0.329 e. The molecular formula is C22H26ClN3O5. The van der Waals surface area contributed by atoms with E-state index in [1.165, 1.54) is 19.1 Å². The Balaban J connectivity index is 1.90. The molecule has 0 aliphatic rings. The second-order valence-corrected chi connectivity index (χ2v) is 7.46. The Labute approximate surface area is 186 Å². The molecule has 0 aliphatic carbocycles. The highest BCUT2D eigenvalue weighted by Crippen LogP contribution is 2.20. The van der Waals surface area contributed by atoms with Gasteiger partial charge in [0.25, 0.3) is 0 Å². The SMILES string of the molecule is COC(=O)C(C)(COc1ccccc1)NCC(=O)N(C)CC(=O)Nc1ccccc1Cl. The number of likely N-dealkylation sites (N-methyl/N-ethyl adjacent to an activating group) is 1. The van der Waals surface area contributed by atoms with E-state index in [9.17, 15) is 14.4 Å². The van der Waals surface area contributed by atoms with E-state index in [0.29, 0.717) is 16.5 Å². The maximum absolute atomic E-state index is 12.5. The van der Waals surface area contributed by atoms with E-state index in [-0.39, 0.29) is 25.6 Å². The summed E-state index contributed by atoms with van der Waals surface area (Å²) in [5.74, 6) is -0.772. The summed E-state index contributed by atoms with van der Waals surface area (Å²) in [6.07, 6.45) is 0. The summed E-state index contributed by atoms with van der Waals surface area (Å²) in [6.45, 7) is 1.16. The summed E-state index contributed by atoms with van der Waals surface area (Å²) < 4.78 is 10.5. The molecule has 166 valence electrons. The Morgan fingerprint density at radius 2 is 1.71 bits per heavy atom. The molecule has 0 saturated heterocycles.